The first-order valence-electron chi connectivity index (χ1n) is 14.6. The lowest BCUT2D eigenvalue weighted by Gasteiger charge is -2.21. The molecule has 2 heterocycles. The third kappa shape index (κ3) is 6.85. The monoisotopic (exact) mass is 692 g/mol. The maximum Gasteiger partial charge on any atom is 0.343 e. The normalized spacial score (nSPS) is 11.2. The van der Waals surface area contributed by atoms with Crippen molar-refractivity contribution in [1.29, 1.82) is 0 Å². The number of halogens is 2. The third-order valence-corrected chi connectivity index (χ3v) is 7.88. The number of fused-ring (bicyclic) bond motifs is 2. The molecule has 2 aromatic heterocycles. The van der Waals surface area contributed by atoms with Gasteiger partial charge in [0.1, 0.15) is 18.4 Å². The number of hydrogen-bond donors (Lipinski definition) is 1. The van der Waals surface area contributed by atoms with Crippen molar-refractivity contribution in [3.8, 4) is 0 Å². The van der Waals surface area contributed by atoms with Crippen LogP contribution in [0.5, 0.6) is 0 Å². The van der Waals surface area contributed by atoms with Crippen molar-refractivity contribution in [2.24, 2.45) is 7.05 Å². The van der Waals surface area contributed by atoms with Gasteiger partial charge in [-0.15, -0.1) is 0 Å². The predicted octanol–water partition coefficient (Wildman–Crippen LogP) is 4.52. The fourth-order valence-electron chi connectivity index (χ4n) is 5.38. The fraction of sp³-hybridized carbons (Fsp3) is 0.257. The van der Waals surface area contributed by atoms with Crippen LogP contribution in [0.4, 0.5) is 27.1 Å². The Morgan fingerprint density at radius 1 is 0.791 bits per heavy atom. The Morgan fingerprint density at radius 2 is 1.42 bits per heavy atom. The summed E-state index contributed by atoms with van der Waals surface area (Å²) >= 11 is 0. The Bertz CT molecular complexity index is 1810. The lowest BCUT2D eigenvalue weighted by atomic mass is 10.1. The highest BCUT2D eigenvalue weighted by Crippen LogP contribution is 2.27. The molecular formula is C35H38FIN4O2. The van der Waals surface area contributed by atoms with Crippen LogP contribution in [0, 0.1) is 5.82 Å². The number of nitrogens with one attached hydrogen (secondary N) is 1. The molecule has 8 heteroatoms. The Hall–Kier alpha value is -3.92. The Kier molecular flexibility index (Phi) is 10.4. The number of nitrogens with zero attached hydrogens (tertiary/aromatic N) is 3. The van der Waals surface area contributed by atoms with Crippen molar-refractivity contribution in [1.82, 2.24) is 0 Å². The first kappa shape index (κ1) is 32.0. The van der Waals surface area contributed by atoms with Gasteiger partial charge >= 0.3 is 5.63 Å². The largest absolute Gasteiger partial charge is 1.00 e. The van der Waals surface area contributed by atoms with Gasteiger partial charge in [0.05, 0.1) is 11.3 Å². The standard InChI is InChI=1S/C35H37FN4O2.HI/c1-6-39(7-2)29-18-13-27(14-19-29)37-32-23-33-24(21-31(32)36)10-15-28(38(33)5)16-12-26-20-25-11-17-30(40(8-3)9-4)22-34(25)42-35(26)41;/h10-23H,6-9H2,1-5H3;1H/b16-12+;. The van der Waals surface area contributed by atoms with E-state index in [1.54, 1.807) is 12.1 Å². The number of aryl methyl sites for hydroxylation is 1. The number of rotatable bonds is 10. The van der Waals surface area contributed by atoms with Gasteiger partial charge in [0, 0.05) is 78.3 Å². The Morgan fingerprint density at radius 3 is 2.09 bits per heavy atom. The summed E-state index contributed by atoms with van der Waals surface area (Å²) < 4.78 is 22.7. The van der Waals surface area contributed by atoms with E-state index in [9.17, 15) is 4.79 Å². The second-order valence-corrected chi connectivity index (χ2v) is 10.3. The van der Waals surface area contributed by atoms with E-state index < -0.39 is 0 Å². The van der Waals surface area contributed by atoms with Gasteiger partial charge in [-0.3, -0.25) is 0 Å². The minimum absolute atomic E-state index is 0. The zero-order valence-corrected chi connectivity index (χ0v) is 27.5. The van der Waals surface area contributed by atoms with Crippen molar-refractivity contribution < 1.29 is 37.4 Å². The first-order valence-corrected chi connectivity index (χ1v) is 14.6. The van der Waals surface area contributed by atoms with Crippen LogP contribution >= 0.6 is 0 Å². The molecule has 0 amide bonds. The number of aromatic nitrogens is 1. The molecule has 1 N–H and O–H groups in total. The summed E-state index contributed by atoms with van der Waals surface area (Å²) in [6, 6.07) is 23.0. The summed E-state index contributed by atoms with van der Waals surface area (Å²) in [6.07, 6.45) is 3.65. The van der Waals surface area contributed by atoms with Crippen LogP contribution in [0.15, 0.2) is 82.0 Å². The fourth-order valence-corrected chi connectivity index (χ4v) is 5.38. The molecule has 0 saturated heterocycles. The van der Waals surface area contributed by atoms with Crippen LogP contribution in [-0.4, -0.2) is 26.2 Å². The Balaban J connectivity index is 0.00000423. The lowest BCUT2D eigenvalue weighted by molar-refractivity contribution is -0.646. The van der Waals surface area contributed by atoms with Crippen molar-refractivity contribution in [2.75, 3.05) is 41.3 Å². The summed E-state index contributed by atoms with van der Waals surface area (Å²) in [5.41, 5.74) is 5.75. The van der Waals surface area contributed by atoms with Crippen LogP contribution < -0.4 is 49.3 Å². The summed E-state index contributed by atoms with van der Waals surface area (Å²) in [5.74, 6) is -0.323. The average Bonchev–Trinajstić information content (AvgIpc) is 2.99. The molecule has 0 saturated carbocycles. The molecule has 0 unspecified atom stereocenters. The van der Waals surface area contributed by atoms with E-state index in [0.717, 1.165) is 65.2 Å². The topological polar surface area (TPSA) is 52.6 Å². The molecule has 0 atom stereocenters. The molecule has 0 aliphatic rings. The van der Waals surface area contributed by atoms with Gasteiger partial charge in [0.15, 0.2) is 0 Å². The number of benzene rings is 3. The molecule has 0 spiro atoms. The zero-order valence-electron chi connectivity index (χ0n) is 25.3. The van der Waals surface area contributed by atoms with Gasteiger partial charge in [0.25, 0.3) is 0 Å². The van der Waals surface area contributed by atoms with Gasteiger partial charge < -0.3 is 43.5 Å². The van der Waals surface area contributed by atoms with Crippen LogP contribution in [0.1, 0.15) is 39.0 Å². The van der Waals surface area contributed by atoms with Crippen molar-refractivity contribution in [3.63, 3.8) is 0 Å². The van der Waals surface area contributed by atoms with Gasteiger partial charge in [-0.2, -0.15) is 4.57 Å². The van der Waals surface area contributed by atoms with Crippen molar-refractivity contribution in [2.45, 2.75) is 27.7 Å². The molecule has 0 aliphatic carbocycles. The van der Waals surface area contributed by atoms with Crippen molar-refractivity contribution in [3.05, 3.63) is 100 Å². The highest BCUT2D eigenvalue weighted by Gasteiger charge is 2.15. The maximum absolute atomic E-state index is 15.1. The smallest absolute Gasteiger partial charge is 0.343 e. The van der Waals surface area contributed by atoms with Crippen molar-refractivity contribution >= 4 is 56.8 Å². The van der Waals surface area contributed by atoms with E-state index in [1.807, 2.05) is 78.4 Å². The molecule has 5 aromatic rings. The zero-order chi connectivity index (χ0) is 29.8. The third-order valence-electron chi connectivity index (χ3n) is 7.88. The highest BCUT2D eigenvalue weighted by atomic mass is 127. The summed E-state index contributed by atoms with van der Waals surface area (Å²) in [6.45, 7) is 12.1. The SMILES string of the molecule is CCN(CC)c1ccc(Nc2cc3c(ccc(/C=C/c4cc5ccc(N(CC)CC)cc5oc4=O)[n+]3C)cc2F)cc1.[I-]. The summed E-state index contributed by atoms with van der Waals surface area (Å²) in [5, 5.41) is 4.88. The molecular weight excluding hydrogens is 654 g/mol. The molecule has 0 aliphatic heterocycles. The van der Waals surface area contributed by atoms with Crippen LogP contribution in [0.3, 0.4) is 0 Å². The quantitative estimate of drug-likeness (QED) is 0.133. The van der Waals surface area contributed by atoms with Gasteiger partial charge in [-0.1, -0.05) is 0 Å². The summed E-state index contributed by atoms with van der Waals surface area (Å²) in [7, 11) is 1.93. The molecule has 0 bridgehead atoms. The number of anilines is 4. The van der Waals surface area contributed by atoms with E-state index in [2.05, 4.69) is 48.9 Å². The highest BCUT2D eigenvalue weighted by molar-refractivity contribution is 5.85. The Labute approximate surface area is 269 Å². The van der Waals surface area contributed by atoms with Gasteiger partial charge in [0.2, 0.25) is 11.2 Å². The molecule has 5 rings (SSSR count). The van der Waals surface area contributed by atoms with E-state index in [0.29, 0.717) is 16.8 Å². The minimum Gasteiger partial charge on any atom is -1.00 e. The van der Waals surface area contributed by atoms with E-state index in [-0.39, 0.29) is 35.4 Å². The maximum atomic E-state index is 15.1. The predicted molar refractivity (Wildman–Crippen MR) is 173 cm³/mol. The molecule has 43 heavy (non-hydrogen) atoms. The molecule has 0 radical (unpaired) electrons. The van der Waals surface area contributed by atoms with Gasteiger partial charge in [-0.05, 0) is 88.4 Å². The lowest BCUT2D eigenvalue weighted by Crippen LogP contribution is -3.00. The molecule has 3 aromatic carbocycles. The molecule has 6 nitrogen and oxygen atoms in total. The second-order valence-electron chi connectivity index (χ2n) is 10.3. The van der Waals surface area contributed by atoms with Crippen LogP contribution in [0.2, 0.25) is 0 Å². The average molecular weight is 693 g/mol. The van der Waals surface area contributed by atoms with E-state index in [4.69, 9.17) is 4.42 Å². The molecule has 224 valence electrons. The molecule has 0 fully saturated rings. The van der Waals surface area contributed by atoms with E-state index >= 15 is 4.39 Å². The second kappa shape index (κ2) is 14.0. The minimum atomic E-state index is -0.389. The number of hydrogen-bond acceptors (Lipinski definition) is 5. The van der Waals surface area contributed by atoms with Crippen LogP contribution in [-0.2, 0) is 7.05 Å². The number of pyridine rings is 1. The van der Waals surface area contributed by atoms with E-state index in [1.165, 1.54) is 0 Å². The van der Waals surface area contributed by atoms with Crippen LogP contribution in [0.25, 0.3) is 34.0 Å². The van der Waals surface area contributed by atoms with Gasteiger partial charge in [-0.25, -0.2) is 9.18 Å². The summed E-state index contributed by atoms with van der Waals surface area (Å²) in [4.78, 5) is 17.3. The first-order chi connectivity index (χ1) is 20.3.